The van der Waals surface area contributed by atoms with Gasteiger partial charge < -0.3 is 15.6 Å². The first-order valence-corrected chi connectivity index (χ1v) is 11.7. The Morgan fingerprint density at radius 2 is 2.03 bits per heavy atom. The lowest BCUT2D eigenvalue weighted by molar-refractivity contribution is 0.155. The van der Waals surface area contributed by atoms with E-state index < -0.39 is 0 Å². The Balaban J connectivity index is 1.99. The highest BCUT2D eigenvalue weighted by Gasteiger charge is 2.22. The van der Waals surface area contributed by atoms with Crippen LogP contribution in [-0.4, -0.2) is 93.8 Å². The van der Waals surface area contributed by atoms with Crippen LogP contribution in [0, 0.1) is 5.92 Å². The lowest BCUT2D eigenvalue weighted by atomic mass is 10.0. The number of piperazine rings is 1. The summed E-state index contributed by atoms with van der Waals surface area (Å²) in [4.78, 5) is 18.4. The van der Waals surface area contributed by atoms with Crippen LogP contribution in [0.25, 0.3) is 0 Å². The molecule has 2 aliphatic rings. The van der Waals surface area contributed by atoms with E-state index in [0.717, 1.165) is 58.1 Å². The first-order chi connectivity index (χ1) is 15.4. The normalized spacial score (nSPS) is 23.1. The van der Waals surface area contributed by atoms with Gasteiger partial charge in [-0.2, -0.15) is 0 Å². The molecular weight excluding hydrogens is 402 g/mol. The largest absolute Gasteiger partial charge is 0.369 e. The first kappa shape index (κ1) is 26.2. The molecule has 2 fully saturated rings. The highest BCUT2D eigenvalue weighted by atomic mass is 15.4. The summed E-state index contributed by atoms with van der Waals surface area (Å²) < 4.78 is 0. The quantitative estimate of drug-likeness (QED) is 0.165. The highest BCUT2D eigenvalue weighted by molar-refractivity contribution is 6.03. The molecule has 0 aliphatic carbocycles. The maximum absolute atomic E-state index is 4.76. The molecule has 32 heavy (non-hydrogen) atoms. The molecular formula is C23H43N9. The molecule has 9 nitrogen and oxygen atoms in total. The molecule has 2 heterocycles. The molecule has 0 bridgehead atoms. The third-order valence-electron chi connectivity index (χ3n) is 5.89. The summed E-state index contributed by atoms with van der Waals surface area (Å²) in [5.74, 6) is 2.74. The van der Waals surface area contributed by atoms with Gasteiger partial charge in [0.05, 0.1) is 6.67 Å². The number of amidine groups is 2. The summed E-state index contributed by atoms with van der Waals surface area (Å²) in [6, 6.07) is 0.369. The summed E-state index contributed by atoms with van der Waals surface area (Å²) in [5.41, 5.74) is 7.78. The van der Waals surface area contributed by atoms with E-state index in [-0.39, 0.29) is 0 Å². The summed E-state index contributed by atoms with van der Waals surface area (Å²) in [6.45, 7) is 19.8. The van der Waals surface area contributed by atoms with Crippen LogP contribution in [0.2, 0.25) is 0 Å². The Hall–Kier alpha value is -2.07. The van der Waals surface area contributed by atoms with Gasteiger partial charge in [0.2, 0.25) is 0 Å². The van der Waals surface area contributed by atoms with E-state index >= 15 is 0 Å². The Morgan fingerprint density at radius 1 is 1.28 bits per heavy atom. The van der Waals surface area contributed by atoms with Crippen LogP contribution in [0.15, 0.2) is 38.5 Å². The summed E-state index contributed by atoms with van der Waals surface area (Å²) >= 11 is 0. The molecule has 2 aliphatic heterocycles. The van der Waals surface area contributed by atoms with Crippen LogP contribution in [-0.2, 0) is 0 Å². The van der Waals surface area contributed by atoms with Gasteiger partial charge in [-0.1, -0.05) is 25.5 Å². The zero-order chi connectivity index (χ0) is 23.3. The van der Waals surface area contributed by atoms with E-state index in [1.165, 1.54) is 5.57 Å². The van der Waals surface area contributed by atoms with Crippen molar-refractivity contribution in [1.29, 1.82) is 0 Å². The van der Waals surface area contributed by atoms with Crippen molar-refractivity contribution in [1.82, 2.24) is 31.3 Å². The number of aliphatic imine (C=N–C) groups is 3. The number of hydrogen-bond donors (Lipinski definition) is 4. The second-order valence-electron chi connectivity index (χ2n) is 8.88. The van der Waals surface area contributed by atoms with E-state index in [1.54, 1.807) is 0 Å². The number of rotatable bonds is 11. The maximum atomic E-state index is 4.76. The van der Waals surface area contributed by atoms with Crippen molar-refractivity contribution >= 4 is 18.4 Å². The minimum atomic E-state index is 0.369. The van der Waals surface area contributed by atoms with Crippen LogP contribution in [0.1, 0.15) is 34.1 Å². The molecule has 0 aromatic carbocycles. The third kappa shape index (κ3) is 9.60. The molecule has 9 heteroatoms. The van der Waals surface area contributed by atoms with Gasteiger partial charge in [0.15, 0.2) is 5.84 Å². The van der Waals surface area contributed by atoms with Crippen LogP contribution >= 0.6 is 0 Å². The fourth-order valence-corrected chi connectivity index (χ4v) is 3.39. The Kier molecular flexibility index (Phi) is 11.6. The van der Waals surface area contributed by atoms with Crippen molar-refractivity contribution in [3.05, 3.63) is 23.5 Å². The van der Waals surface area contributed by atoms with Gasteiger partial charge >= 0.3 is 0 Å². The minimum Gasteiger partial charge on any atom is -0.369 e. The van der Waals surface area contributed by atoms with Crippen molar-refractivity contribution < 1.29 is 0 Å². The third-order valence-corrected chi connectivity index (χ3v) is 5.89. The SMILES string of the molecule is C=N/C(=C\C(N=C1CC(C(C)C)NN1)=N/CNC/C(C)=C/C)NCCN1CCN(C)CC1. The van der Waals surface area contributed by atoms with Crippen LogP contribution in [0.4, 0.5) is 0 Å². The first-order valence-electron chi connectivity index (χ1n) is 11.7. The maximum Gasteiger partial charge on any atom is 0.154 e. The van der Waals surface area contributed by atoms with E-state index in [1.807, 2.05) is 13.0 Å². The van der Waals surface area contributed by atoms with Gasteiger partial charge in [-0.25, -0.2) is 15.4 Å². The highest BCUT2D eigenvalue weighted by Crippen LogP contribution is 2.10. The predicted octanol–water partition coefficient (Wildman–Crippen LogP) is 1.20. The number of nitrogens with zero attached hydrogens (tertiary/aromatic N) is 5. The van der Waals surface area contributed by atoms with Gasteiger partial charge in [0.1, 0.15) is 11.7 Å². The van der Waals surface area contributed by atoms with Crippen molar-refractivity contribution in [2.45, 2.75) is 40.2 Å². The van der Waals surface area contributed by atoms with Crippen LogP contribution < -0.4 is 21.5 Å². The van der Waals surface area contributed by atoms with Crippen molar-refractivity contribution in [2.24, 2.45) is 20.9 Å². The summed E-state index contributed by atoms with van der Waals surface area (Å²) in [5, 5.41) is 6.72. The predicted molar refractivity (Wildman–Crippen MR) is 136 cm³/mol. The fraction of sp³-hybridized carbons (Fsp3) is 0.696. The van der Waals surface area contributed by atoms with Gasteiger partial charge in [-0.15, -0.1) is 0 Å². The molecule has 0 aromatic heterocycles. The monoisotopic (exact) mass is 445 g/mol. The van der Waals surface area contributed by atoms with E-state index in [9.17, 15) is 0 Å². The smallest absolute Gasteiger partial charge is 0.154 e. The standard InChI is InChI=1S/C23H43N9/c1-7-19(4)16-25-17-27-22(28-23-14-20(18(2)3)29-30-23)15-21(24-5)26-8-9-32-12-10-31(6)11-13-32/h7,15,18,20,25-26,29H,5,8-14,16-17H2,1-4,6H3,(H,27,28,30)/b19-7+,21-15+. The summed E-state index contributed by atoms with van der Waals surface area (Å²) in [7, 11) is 2.17. The van der Waals surface area contributed by atoms with Crippen molar-refractivity contribution in [3.8, 4) is 0 Å². The molecule has 1 unspecified atom stereocenters. The molecule has 4 N–H and O–H groups in total. The number of likely N-dealkylation sites (N-methyl/N-ethyl adjacent to an activating group) is 1. The number of hydrogen-bond acceptors (Lipinski definition) is 7. The molecule has 0 spiro atoms. The second-order valence-corrected chi connectivity index (χ2v) is 8.88. The molecule has 1 atom stereocenters. The minimum absolute atomic E-state index is 0.369. The lowest BCUT2D eigenvalue weighted by Gasteiger charge is -2.32. The molecule has 0 radical (unpaired) electrons. The zero-order valence-corrected chi connectivity index (χ0v) is 20.6. The Bertz CT molecular complexity index is 700. The Morgan fingerprint density at radius 3 is 2.66 bits per heavy atom. The van der Waals surface area contributed by atoms with E-state index in [0.29, 0.717) is 30.3 Å². The van der Waals surface area contributed by atoms with E-state index in [4.69, 9.17) is 4.99 Å². The van der Waals surface area contributed by atoms with Gasteiger partial charge in [-0.05, 0) is 33.5 Å². The van der Waals surface area contributed by atoms with E-state index in [2.05, 4.69) is 81.9 Å². The zero-order valence-electron chi connectivity index (χ0n) is 20.6. The number of allylic oxidation sites excluding steroid dienone is 1. The molecule has 2 saturated heterocycles. The average Bonchev–Trinajstić information content (AvgIpc) is 3.25. The van der Waals surface area contributed by atoms with Gasteiger partial charge in [0, 0.05) is 64.4 Å². The molecule has 180 valence electrons. The topological polar surface area (TPSA) is 91.7 Å². The Labute approximate surface area is 194 Å². The van der Waals surface area contributed by atoms with Crippen molar-refractivity contribution in [2.75, 3.05) is 59.5 Å². The van der Waals surface area contributed by atoms with Gasteiger partial charge in [0.25, 0.3) is 0 Å². The second kappa shape index (κ2) is 14.2. The molecule has 0 saturated carbocycles. The lowest BCUT2D eigenvalue weighted by Crippen LogP contribution is -2.46. The molecule has 0 amide bonds. The van der Waals surface area contributed by atoms with Gasteiger partial charge in [-0.3, -0.25) is 15.2 Å². The number of nitrogens with one attached hydrogen (secondary N) is 4. The average molecular weight is 446 g/mol. The summed E-state index contributed by atoms with van der Waals surface area (Å²) in [6.07, 6.45) is 4.82. The molecule has 0 aromatic rings. The van der Waals surface area contributed by atoms with Crippen LogP contribution in [0.3, 0.4) is 0 Å². The molecule has 2 rings (SSSR count). The van der Waals surface area contributed by atoms with Crippen LogP contribution in [0.5, 0.6) is 0 Å². The fourth-order valence-electron chi connectivity index (χ4n) is 3.39. The number of hydrazine groups is 1. The van der Waals surface area contributed by atoms with Crippen molar-refractivity contribution in [3.63, 3.8) is 0 Å².